The van der Waals surface area contributed by atoms with Crippen LogP contribution in [0.1, 0.15) is 16.9 Å². The van der Waals surface area contributed by atoms with Crippen molar-refractivity contribution < 1.29 is 9.25 Å². The molecule has 17 heavy (non-hydrogen) atoms. The van der Waals surface area contributed by atoms with Crippen molar-refractivity contribution in [1.29, 1.82) is 5.26 Å². The third-order valence-corrected chi connectivity index (χ3v) is 2.16. The summed E-state index contributed by atoms with van der Waals surface area (Å²) in [5.74, 6) is 0.624. The molecule has 2 rings (SSSR count). The quantitative estimate of drug-likeness (QED) is 0.594. The molecule has 0 bridgehead atoms. The van der Waals surface area contributed by atoms with Crippen molar-refractivity contribution in [2.45, 2.75) is 6.61 Å². The van der Waals surface area contributed by atoms with E-state index in [4.69, 9.17) is 14.5 Å². The Morgan fingerprint density at radius 1 is 1.29 bits per heavy atom. The van der Waals surface area contributed by atoms with Crippen LogP contribution in [0.2, 0.25) is 0 Å². The van der Waals surface area contributed by atoms with Gasteiger partial charge in [0.15, 0.2) is 0 Å². The largest absolute Gasteiger partial charge is 0.463 e. The van der Waals surface area contributed by atoms with E-state index in [2.05, 4.69) is 11.2 Å². The summed E-state index contributed by atoms with van der Waals surface area (Å²) in [5.41, 5.74) is 1.41. The van der Waals surface area contributed by atoms with E-state index in [0.717, 1.165) is 5.56 Å². The van der Waals surface area contributed by atoms with E-state index in [1.807, 2.05) is 18.2 Å². The molecular formula is C13H10N2O2. The molecule has 1 aromatic heterocycles. The fraction of sp³-hybridized carbons (Fsp3) is 0.0769. The first-order chi connectivity index (χ1) is 8.40. The van der Waals surface area contributed by atoms with Crippen molar-refractivity contribution in [2.75, 3.05) is 0 Å². The van der Waals surface area contributed by atoms with Gasteiger partial charge in [-0.2, -0.15) is 5.26 Å². The standard InChI is InChI=1S/C13H10N2O2/c14-8-11-4-1-2-5-12(11)10-17-15-9-13-6-3-7-16-13/h1-7,9H,10H2. The lowest BCUT2D eigenvalue weighted by molar-refractivity contribution is 0.131. The van der Waals surface area contributed by atoms with Crippen LogP contribution in [0, 0.1) is 11.3 Å². The molecule has 0 unspecified atom stereocenters. The molecule has 2 aromatic rings. The van der Waals surface area contributed by atoms with Gasteiger partial charge < -0.3 is 9.25 Å². The number of furan rings is 1. The van der Waals surface area contributed by atoms with Gasteiger partial charge in [0, 0.05) is 5.56 Å². The Morgan fingerprint density at radius 3 is 2.94 bits per heavy atom. The van der Waals surface area contributed by atoms with Crippen LogP contribution in [0.5, 0.6) is 0 Å². The van der Waals surface area contributed by atoms with Crippen LogP contribution in [0.3, 0.4) is 0 Å². The molecule has 0 saturated heterocycles. The maximum atomic E-state index is 8.87. The smallest absolute Gasteiger partial charge is 0.148 e. The molecule has 0 spiro atoms. The van der Waals surface area contributed by atoms with Gasteiger partial charge in [0.2, 0.25) is 0 Å². The number of hydrogen-bond donors (Lipinski definition) is 0. The van der Waals surface area contributed by atoms with E-state index in [0.29, 0.717) is 11.3 Å². The van der Waals surface area contributed by atoms with Gasteiger partial charge in [-0.05, 0) is 18.2 Å². The van der Waals surface area contributed by atoms with E-state index < -0.39 is 0 Å². The van der Waals surface area contributed by atoms with Crippen LogP contribution in [0.25, 0.3) is 0 Å². The lowest BCUT2D eigenvalue weighted by Gasteiger charge is -2.00. The molecule has 84 valence electrons. The third-order valence-electron chi connectivity index (χ3n) is 2.16. The van der Waals surface area contributed by atoms with Crippen molar-refractivity contribution in [3.05, 3.63) is 59.5 Å². The number of nitriles is 1. The van der Waals surface area contributed by atoms with Gasteiger partial charge in [-0.15, -0.1) is 0 Å². The Morgan fingerprint density at radius 2 is 2.18 bits per heavy atom. The normalized spacial score (nSPS) is 10.3. The molecule has 0 saturated carbocycles. The average Bonchev–Trinajstić information content (AvgIpc) is 2.88. The van der Waals surface area contributed by atoms with Gasteiger partial charge in [-0.25, -0.2) is 0 Å². The summed E-state index contributed by atoms with van der Waals surface area (Å²) in [7, 11) is 0. The van der Waals surface area contributed by atoms with E-state index in [1.54, 1.807) is 24.5 Å². The van der Waals surface area contributed by atoms with Gasteiger partial charge in [0.1, 0.15) is 18.6 Å². The molecule has 0 fully saturated rings. The van der Waals surface area contributed by atoms with Gasteiger partial charge in [-0.3, -0.25) is 0 Å². The van der Waals surface area contributed by atoms with Crippen LogP contribution >= 0.6 is 0 Å². The van der Waals surface area contributed by atoms with Crippen molar-refractivity contribution in [2.24, 2.45) is 5.16 Å². The highest BCUT2D eigenvalue weighted by Crippen LogP contribution is 2.08. The maximum absolute atomic E-state index is 8.87. The molecule has 0 radical (unpaired) electrons. The first-order valence-electron chi connectivity index (χ1n) is 5.07. The topological polar surface area (TPSA) is 58.5 Å². The summed E-state index contributed by atoms with van der Waals surface area (Å²) in [6.07, 6.45) is 3.04. The first kappa shape index (κ1) is 11.0. The lowest BCUT2D eigenvalue weighted by Crippen LogP contribution is -1.91. The third kappa shape index (κ3) is 2.95. The zero-order valence-corrected chi connectivity index (χ0v) is 9.04. The minimum atomic E-state index is 0.265. The van der Waals surface area contributed by atoms with Crippen LogP contribution < -0.4 is 0 Å². The molecule has 1 aromatic carbocycles. The minimum Gasteiger partial charge on any atom is -0.463 e. The summed E-state index contributed by atoms with van der Waals surface area (Å²) >= 11 is 0. The summed E-state index contributed by atoms with van der Waals surface area (Å²) in [6.45, 7) is 0.265. The Labute approximate surface area is 98.7 Å². The Kier molecular flexibility index (Phi) is 3.56. The van der Waals surface area contributed by atoms with Crippen LogP contribution in [-0.4, -0.2) is 6.21 Å². The second-order valence-electron chi connectivity index (χ2n) is 3.29. The molecule has 0 aliphatic heterocycles. The highest BCUT2D eigenvalue weighted by Gasteiger charge is 1.99. The van der Waals surface area contributed by atoms with E-state index in [1.165, 1.54) is 6.21 Å². The van der Waals surface area contributed by atoms with Gasteiger partial charge in [0.05, 0.1) is 17.9 Å². The van der Waals surface area contributed by atoms with Gasteiger partial charge in [0.25, 0.3) is 0 Å². The van der Waals surface area contributed by atoms with Crippen molar-refractivity contribution in [3.8, 4) is 6.07 Å². The highest BCUT2D eigenvalue weighted by molar-refractivity contribution is 5.74. The van der Waals surface area contributed by atoms with E-state index in [-0.39, 0.29) is 6.61 Å². The van der Waals surface area contributed by atoms with Gasteiger partial charge in [-0.1, -0.05) is 23.4 Å². The Balaban J connectivity index is 1.92. The fourth-order valence-corrected chi connectivity index (χ4v) is 1.32. The molecule has 4 nitrogen and oxygen atoms in total. The van der Waals surface area contributed by atoms with E-state index >= 15 is 0 Å². The summed E-state index contributed by atoms with van der Waals surface area (Å²) in [5, 5.41) is 12.6. The fourth-order valence-electron chi connectivity index (χ4n) is 1.32. The lowest BCUT2D eigenvalue weighted by atomic mass is 10.1. The Bertz CT molecular complexity index is 539. The number of oxime groups is 1. The number of rotatable bonds is 4. The number of benzene rings is 1. The monoisotopic (exact) mass is 226 g/mol. The SMILES string of the molecule is N#Cc1ccccc1CON=Cc1ccco1. The van der Waals surface area contributed by atoms with Crippen molar-refractivity contribution in [1.82, 2.24) is 0 Å². The van der Waals surface area contributed by atoms with Crippen LogP contribution in [-0.2, 0) is 11.4 Å². The molecule has 0 amide bonds. The Hall–Kier alpha value is -2.54. The minimum absolute atomic E-state index is 0.265. The summed E-state index contributed by atoms with van der Waals surface area (Å²) in [6, 6.07) is 12.9. The molecule has 0 atom stereocenters. The molecule has 4 heteroatoms. The predicted molar refractivity (Wildman–Crippen MR) is 62.2 cm³/mol. The van der Waals surface area contributed by atoms with Crippen LogP contribution in [0.4, 0.5) is 0 Å². The number of hydrogen-bond acceptors (Lipinski definition) is 4. The van der Waals surface area contributed by atoms with Crippen molar-refractivity contribution in [3.63, 3.8) is 0 Å². The molecule has 0 aliphatic carbocycles. The van der Waals surface area contributed by atoms with Crippen molar-refractivity contribution >= 4 is 6.21 Å². The number of nitrogens with zero attached hydrogens (tertiary/aromatic N) is 2. The van der Waals surface area contributed by atoms with Crippen LogP contribution in [0.15, 0.2) is 52.2 Å². The molecule has 1 heterocycles. The summed E-state index contributed by atoms with van der Waals surface area (Å²) in [4.78, 5) is 5.09. The maximum Gasteiger partial charge on any atom is 0.148 e. The first-order valence-corrected chi connectivity index (χ1v) is 5.07. The molecular weight excluding hydrogens is 216 g/mol. The van der Waals surface area contributed by atoms with E-state index in [9.17, 15) is 0 Å². The second kappa shape index (κ2) is 5.52. The highest BCUT2D eigenvalue weighted by atomic mass is 16.6. The predicted octanol–water partition coefficient (Wildman–Crippen LogP) is 2.70. The zero-order valence-electron chi connectivity index (χ0n) is 9.04. The average molecular weight is 226 g/mol. The summed E-state index contributed by atoms with van der Waals surface area (Å²) < 4.78 is 5.05. The second-order valence-corrected chi connectivity index (χ2v) is 3.29. The molecule has 0 N–H and O–H groups in total. The zero-order chi connectivity index (χ0) is 11.9. The molecule has 0 aliphatic rings. The van der Waals surface area contributed by atoms with Gasteiger partial charge >= 0.3 is 0 Å².